The van der Waals surface area contributed by atoms with Crippen molar-refractivity contribution >= 4 is 33.5 Å². The lowest BCUT2D eigenvalue weighted by Crippen LogP contribution is -2.34. The number of carboxylic acids is 1. The van der Waals surface area contributed by atoms with E-state index in [1.807, 2.05) is 12.1 Å². The van der Waals surface area contributed by atoms with Crippen LogP contribution in [0.5, 0.6) is 11.5 Å². The maximum Gasteiger partial charge on any atom is 0.336 e. The van der Waals surface area contributed by atoms with E-state index in [1.54, 1.807) is 6.92 Å². The number of esters is 1. The Morgan fingerprint density at radius 2 is 0.983 bits per heavy atom. The van der Waals surface area contributed by atoms with Crippen LogP contribution in [0.3, 0.4) is 0 Å². The van der Waals surface area contributed by atoms with Crippen LogP contribution in [0.25, 0.3) is 21.5 Å². The third-order valence-corrected chi connectivity index (χ3v) is 12.3. The minimum atomic E-state index is -1.38. The van der Waals surface area contributed by atoms with Crippen LogP contribution >= 0.6 is 0 Å². The van der Waals surface area contributed by atoms with Gasteiger partial charge in [0.2, 0.25) is 0 Å². The van der Waals surface area contributed by atoms with Crippen molar-refractivity contribution in [2.75, 3.05) is 19.7 Å². The highest BCUT2D eigenvalue weighted by Gasteiger charge is 2.31. The summed E-state index contributed by atoms with van der Waals surface area (Å²) >= 11 is 0. The number of aliphatic hydroxyl groups excluding tert-OH is 2. The molecule has 0 aliphatic heterocycles. The summed E-state index contributed by atoms with van der Waals surface area (Å²) in [6.07, 6.45) is 7.52. The van der Waals surface area contributed by atoms with Gasteiger partial charge in [-0.2, -0.15) is 0 Å². The summed E-state index contributed by atoms with van der Waals surface area (Å²) in [5.74, 6) is 1.63. The zero-order chi connectivity index (χ0) is 43.5. The zero-order valence-corrected chi connectivity index (χ0v) is 37.0. The fourth-order valence-electron chi connectivity index (χ4n) is 8.51. The van der Waals surface area contributed by atoms with Gasteiger partial charge < -0.3 is 40.2 Å². The summed E-state index contributed by atoms with van der Waals surface area (Å²) < 4.78 is 17.4. The topological polar surface area (TPSA) is 147 Å². The molecule has 10 nitrogen and oxygen atoms in total. The molecule has 0 saturated heterocycles. The SMILES string of the molecule is CC(C)(C)C1CCC(Oc2ccc3cc(CNCC(O)C(=O)O)ccc3c2)CC1.CCOC(=O)C(O)CNCc1ccc2cc(OC3CCC(C(C)(C)C)CC3)ccc2c1. The highest BCUT2D eigenvalue weighted by molar-refractivity contribution is 5.85. The van der Waals surface area contributed by atoms with Crippen molar-refractivity contribution in [1.82, 2.24) is 10.6 Å². The molecule has 5 N–H and O–H groups in total. The third kappa shape index (κ3) is 14.2. The van der Waals surface area contributed by atoms with Crippen LogP contribution in [0.2, 0.25) is 0 Å². The van der Waals surface area contributed by atoms with Gasteiger partial charge in [-0.25, -0.2) is 9.59 Å². The van der Waals surface area contributed by atoms with Crippen LogP contribution in [0, 0.1) is 22.7 Å². The smallest absolute Gasteiger partial charge is 0.336 e. The van der Waals surface area contributed by atoms with Gasteiger partial charge in [0, 0.05) is 26.2 Å². The number of carboxylic acid groups (broad SMARTS) is 1. The Bertz CT molecular complexity index is 1990. The van der Waals surface area contributed by atoms with Gasteiger partial charge in [-0.15, -0.1) is 0 Å². The fourth-order valence-corrected chi connectivity index (χ4v) is 8.51. The van der Waals surface area contributed by atoms with Crippen molar-refractivity contribution in [2.45, 2.75) is 137 Å². The quantitative estimate of drug-likeness (QED) is 0.0736. The normalized spacial score (nSPS) is 20.8. The van der Waals surface area contributed by atoms with Gasteiger partial charge in [-0.1, -0.05) is 77.9 Å². The number of nitrogens with one attached hydrogen (secondary N) is 2. The Hall–Kier alpha value is -4.22. The molecule has 0 amide bonds. The first-order chi connectivity index (χ1) is 28.5. The molecular formula is C50H70N2O8. The number of aliphatic hydroxyl groups is 2. The average Bonchev–Trinajstić information content (AvgIpc) is 3.21. The lowest BCUT2D eigenvalue weighted by Gasteiger charge is -2.37. The van der Waals surface area contributed by atoms with Crippen molar-refractivity contribution in [3.05, 3.63) is 83.9 Å². The van der Waals surface area contributed by atoms with E-state index >= 15 is 0 Å². The van der Waals surface area contributed by atoms with Crippen LogP contribution in [-0.4, -0.2) is 71.4 Å². The highest BCUT2D eigenvalue weighted by atomic mass is 16.5. The lowest BCUT2D eigenvalue weighted by atomic mass is 9.72. The summed E-state index contributed by atoms with van der Waals surface area (Å²) in [5, 5.41) is 38.4. The van der Waals surface area contributed by atoms with Crippen molar-refractivity contribution in [1.29, 1.82) is 0 Å². The number of rotatable bonds is 15. The summed E-state index contributed by atoms with van der Waals surface area (Å²) in [6, 6.07) is 24.9. The number of carbonyl (C=O) groups excluding carboxylic acids is 1. The van der Waals surface area contributed by atoms with Crippen molar-refractivity contribution < 1.29 is 39.1 Å². The molecule has 0 bridgehead atoms. The van der Waals surface area contributed by atoms with Crippen LogP contribution in [0.15, 0.2) is 72.8 Å². The number of fused-ring (bicyclic) bond motifs is 2. The molecule has 0 radical (unpaired) electrons. The first kappa shape index (κ1) is 46.8. The first-order valence-corrected chi connectivity index (χ1v) is 22.0. The number of benzene rings is 4. The molecule has 2 aliphatic carbocycles. The Kier molecular flexibility index (Phi) is 16.8. The number of hydrogen-bond acceptors (Lipinski definition) is 9. The molecule has 10 heteroatoms. The molecule has 2 saturated carbocycles. The van der Waals surface area contributed by atoms with E-state index in [1.165, 1.54) is 25.7 Å². The molecule has 328 valence electrons. The van der Waals surface area contributed by atoms with E-state index in [4.69, 9.17) is 19.3 Å². The highest BCUT2D eigenvalue weighted by Crippen LogP contribution is 2.40. The molecule has 4 aromatic rings. The van der Waals surface area contributed by atoms with Gasteiger partial charge in [0.25, 0.3) is 0 Å². The number of ether oxygens (including phenoxy) is 3. The molecule has 2 aliphatic rings. The maximum absolute atomic E-state index is 11.5. The van der Waals surface area contributed by atoms with Crippen LogP contribution in [0.4, 0.5) is 0 Å². The Labute approximate surface area is 357 Å². The second-order valence-corrected chi connectivity index (χ2v) is 19.0. The van der Waals surface area contributed by atoms with E-state index in [0.29, 0.717) is 36.1 Å². The van der Waals surface area contributed by atoms with Crippen LogP contribution in [-0.2, 0) is 27.4 Å². The van der Waals surface area contributed by atoms with Crippen molar-refractivity contribution in [3.63, 3.8) is 0 Å². The van der Waals surface area contributed by atoms with Gasteiger partial charge in [0.05, 0.1) is 18.8 Å². The van der Waals surface area contributed by atoms with Gasteiger partial charge >= 0.3 is 11.9 Å². The summed E-state index contributed by atoms with van der Waals surface area (Å²) in [6.45, 7) is 17.3. The zero-order valence-electron chi connectivity index (χ0n) is 37.0. The first-order valence-electron chi connectivity index (χ1n) is 22.0. The van der Waals surface area contributed by atoms with Gasteiger partial charge in [0.15, 0.2) is 12.2 Å². The molecule has 0 spiro atoms. The van der Waals surface area contributed by atoms with Gasteiger partial charge in [-0.3, -0.25) is 0 Å². The van der Waals surface area contributed by atoms with Crippen LogP contribution < -0.4 is 20.1 Å². The Morgan fingerprint density at radius 1 is 0.600 bits per heavy atom. The molecule has 4 aromatic carbocycles. The molecule has 6 rings (SSSR count). The van der Waals surface area contributed by atoms with E-state index in [2.05, 4.69) is 113 Å². The molecule has 2 fully saturated rings. The predicted molar refractivity (Wildman–Crippen MR) is 239 cm³/mol. The standard InChI is InChI=1S/C26H37NO4.C24H33NO4/c1-5-30-25(29)24(28)17-27-16-18-6-7-20-15-23(11-8-19(20)14-18)31-22-12-9-21(10-13-22)26(2,3)4;1-24(2,3)19-7-10-20(11-8-19)29-21-9-6-17-12-16(4-5-18(17)13-21)14-25-15-22(26)23(27)28/h6-8,11,14-15,21-22,24,27-28H,5,9-10,12-13,16-17H2,1-4H3;4-6,9,12-13,19-20,22,25-26H,7-8,10-11,14-15H2,1-3H3,(H,27,28). The van der Waals surface area contributed by atoms with Crippen molar-refractivity contribution in [2.24, 2.45) is 22.7 Å². The van der Waals surface area contributed by atoms with E-state index in [9.17, 15) is 19.8 Å². The number of carbonyl (C=O) groups is 2. The lowest BCUT2D eigenvalue weighted by molar-refractivity contribution is -0.152. The van der Waals surface area contributed by atoms with Gasteiger partial charge in [-0.05, 0) is 150 Å². The average molecular weight is 827 g/mol. The van der Waals surface area contributed by atoms with E-state index < -0.39 is 24.1 Å². The predicted octanol–water partition coefficient (Wildman–Crippen LogP) is 9.20. The summed E-state index contributed by atoms with van der Waals surface area (Å²) in [4.78, 5) is 22.1. The number of aliphatic carboxylic acids is 1. The van der Waals surface area contributed by atoms with Gasteiger partial charge in [0.1, 0.15) is 11.5 Å². The molecule has 0 heterocycles. The third-order valence-electron chi connectivity index (χ3n) is 12.3. The summed E-state index contributed by atoms with van der Waals surface area (Å²) in [7, 11) is 0. The van der Waals surface area contributed by atoms with E-state index in [0.717, 1.165) is 81.7 Å². The second-order valence-electron chi connectivity index (χ2n) is 19.0. The molecule has 2 atom stereocenters. The molecular weight excluding hydrogens is 757 g/mol. The van der Waals surface area contributed by atoms with Crippen molar-refractivity contribution in [3.8, 4) is 11.5 Å². The fraction of sp³-hybridized carbons (Fsp3) is 0.560. The summed E-state index contributed by atoms with van der Waals surface area (Å²) in [5.41, 5.74) is 2.91. The van der Waals surface area contributed by atoms with Crippen LogP contribution in [0.1, 0.15) is 111 Å². The monoisotopic (exact) mass is 827 g/mol. The molecule has 60 heavy (non-hydrogen) atoms. The molecule has 2 unspecified atom stereocenters. The molecule has 0 aromatic heterocycles. The maximum atomic E-state index is 11.5. The number of hydrogen-bond donors (Lipinski definition) is 5. The Balaban J connectivity index is 0.000000228. The largest absolute Gasteiger partial charge is 0.490 e. The second kappa shape index (κ2) is 21.5. The Morgan fingerprint density at radius 3 is 1.37 bits per heavy atom. The minimum Gasteiger partial charge on any atom is -0.490 e. The van der Waals surface area contributed by atoms with E-state index in [-0.39, 0.29) is 19.7 Å². The minimum absolute atomic E-state index is 0.0254.